The number of thiazole rings is 1. The first kappa shape index (κ1) is 20.3. The maximum atomic E-state index is 13.3. The highest BCUT2D eigenvalue weighted by Gasteiger charge is 2.48. The second-order valence-corrected chi connectivity index (χ2v) is 8.48. The Morgan fingerprint density at radius 1 is 1.10 bits per heavy atom. The predicted molar refractivity (Wildman–Crippen MR) is 114 cm³/mol. The number of carbonyl (C=O) groups excluding carboxylic acids is 2. The summed E-state index contributed by atoms with van der Waals surface area (Å²) in [6.07, 6.45) is 0. The second kappa shape index (κ2) is 7.66. The molecule has 1 fully saturated rings. The molecule has 1 saturated heterocycles. The fraction of sp³-hybridized carbons (Fsp3) is 0.136. The first-order chi connectivity index (χ1) is 14.3. The van der Waals surface area contributed by atoms with Gasteiger partial charge in [-0.05, 0) is 55.8 Å². The van der Waals surface area contributed by atoms with Crippen LogP contribution in [0.3, 0.4) is 0 Å². The Bertz CT molecular complexity index is 1170. The number of aryl methyl sites for hydroxylation is 2. The van der Waals surface area contributed by atoms with Crippen LogP contribution in [-0.4, -0.2) is 21.8 Å². The Kier molecular flexibility index (Phi) is 5.17. The largest absolute Gasteiger partial charge is 0.507 e. The van der Waals surface area contributed by atoms with Crippen molar-refractivity contribution in [1.82, 2.24) is 4.98 Å². The molecule has 0 spiro atoms. The standard InChI is InChI=1S/C22H16ClFN2O3S/c1-11-12(2)30-22(25-11)26-18(13-3-7-15(23)8-4-13)17(20(28)21(26)29)19(27)14-5-9-16(24)10-6-14/h3-10,18,27H,1-2H3/b19-17+/t18-/m1/s1. The summed E-state index contributed by atoms with van der Waals surface area (Å²) in [5, 5.41) is 11.8. The molecular weight excluding hydrogens is 427 g/mol. The molecule has 1 N–H and O–H groups in total. The van der Waals surface area contributed by atoms with Crippen molar-refractivity contribution in [2.24, 2.45) is 0 Å². The van der Waals surface area contributed by atoms with Gasteiger partial charge in [-0.1, -0.05) is 23.7 Å². The van der Waals surface area contributed by atoms with Crippen LogP contribution >= 0.6 is 22.9 Å². The van der Waals surface area contributed by atoms with Gasteiger partial charge in [0.05, 0.1) is 17.3 Å². The van der Waals surface area contributed by atoms with Gasteiger partial charge in [-0.15, -0.1) is 11.3 Å². The molecule has 1 atom stereocenters. The van der Waals surface area contributed by atoms with Crippen molar-refractivity contribution < 1.29 is 19.1 Å². The van der Waals surface area contributed by atoms with Gasteiger partial charge >= 0.3 is 5.91 Å². The maximum absolute atomic E-state index is 13.3. The molecule has 4 rings (SSSR count). The van der Waals surface area contributed by atoms with Gasteiger partial charge < -0.3 is 5.11 Å². The van der Waals surface area contributed by atoms with Crippen molar-refractivity contribution in [3.05, 3.63) is 86.6 Å². The van der Waals surface area contributed by atoms with E-state index in [1.54, 1.807) is 24.3 Å². The number of carbonyl (C=O) groups is 2. The molecule has 1 amide bonds. The van der Waals surface area contributed by atoms with Crippen LogP contribution in [0.1, 0.15) is 27.7 Å². The third kappa shape index (κ3) is 3.40. The number of benzene rings is 2. The summed E-state index contributed by atoms with van der Waals surface area (Å²) < 4.78 is 13.3. The zero-order chi connectivity index (χ0) is 21.6. The summed E-state index contributed by atoms with van der Waals surface area (Å²) in [5.74, 6) is -2.47. The number of hydrogen-bond donors (Lipinski definition) is 1. The highest BCUT2D eigenvalue weighted by Crippen LogP contribution is 2.43. The van der Waals surface area contributed by atoms with Gasteiger partial charge in [-0.25, -0.2) is 9.37 Å². The lowest BCUT2D eigenvalue weighted by Crippen LogP contribution is -2.29. The van der Waals surface area contributed by atoms with Gasteiger partial charge in [0.2, 0.25) is 0 Å². The number of aliphatic hydroxyl groups excluding tert-OH is 1. The Morgan fingerprint density at radius 3 is 2.30 bits per heavy atom. The molecule has 1 aliphatic rings. The van der Waals surface area contributed by atoms with E-state index < -0.39 is 23.5 Å². The maximum Gasteiger partial charge on any atom is 0.301 e. The number of amides is 1. The summed E-state index contributed by atoms with van der Waals surface area (Å²) in [7, 11) is 0. The third-order valence-corrected chi connectivity index (χ3v) is 6.30. The van der Waals surface area contributed by atoms with Crippen LogP contribution in [-0.2, 0) is 9.59 Å². The molecule has 2 aromatic carbocycles. The predicted octanol–water partition coefficient (Wildman–Crippen LogP) is 5.18. The van der Waals surface area contributed by atoms with Crippen molar-refractivity contribution in [2.75, 3.05) is 4.90 Å². The summed E-state index contributed by atoms with van der Waals surface area (Å²) in [5.41, 5.74) is 1.50. The van der Waals surface area contributed by atoms with E-state index in [0.717, 1.165) is 10.6 Å². The van der Waals surface area contributed by atoms with Crippen LogP contribution in [0, 0.1) is 19.7 Å². The molecule has 0 bridgehead atoms. The molecule has 3 aromatic rings. The molecular formula is C22H16ClFN2O3S. The van der Waals surface area contributed by atoms with E-state index in [9.17, 15) is 19.1 Å². The molecule has 152 valence electrons. The SMILES string of the molecule is Cc1nc(N2C(=O)C(=O)/C(=C(/O)c3ccc(F)cc3)[C@H]2c2ccc(Cl)cc2)sc1C. The van der Waals surface area contributed by atoms with E-state index in [4.69, 9.17) is 11.6 Å². The first-order valence-electron chi connectivity index (χ1n) is 9.04. The Labute approximate surface area is 181 Å². The van der Waals surface area contributed by atoms with Gasteiger partial charge in [0.1, 0.15) is 11.6 Å². The van der Waals surface area contributed by atoms with Gasteiger partial charge in [-0.2, -0.15) is 0 Å². The number of hydrogen-bond acceptors (Lipinski definition) is 5. The average Bonchev–Trinajstić information content (AvgIpc) is 3.18. The van der Waals surface area contributed by atoms with Crippen molar-refractivity contribution >= 4 is 45.5 Å². The van der Waals surface area contributed by atoms with E-state index in [-0.39, 0.29) is 16.9 Å². The van der Waals surface area contributed by atoms with Gasteiger partial charge in [0.15, 0.2) is 5.13 Å². The fourth-order valence-corrected chi connectivity index (χ4v) is 4.37. The summed E-state index contributed by atoms with van der Waals surface area (Å²) in [4.78, 5) is 32.6. The van der Waals surface area contributed by atoms with Crippen molar-refractivity contribution in [3.63, 3.8) is 0 Å². The molecule has 8 heteroatoms. The lowest BCUT2D eigenvalue weighted by Gasteiger charge is -2.23. The van der Waals surface area contributed by atoms with Crippen LogP contribution in [0.4, 0.5) is 9.52 Å². The highest BCUT2D eigenvalue weighted by molar-refractivity contribution is 7.16. The lowest BCUT2D eigenvalue weighted by atomic mass is 9.95. The minimum atomic E-state index is -0.891. The van der Waals surface area contributed by atoms with Gasteiger partial charge in [-0.3, -0.25) is 14.5 Å². The number of aliphatic hydroxyl groups is 1. The number of nitrogens with zero attached hydrogens (tertiary/aromatic N) is 2. The lowest BCUT2D eigenvalue weighted by molar-refractivity contribution is -0.132. The summed E-state index contributed by atoms with van der Waals surface area (Å²) >= 11 is 7.30. The van der Waals surface area contributed by atoms with E-state index in [2.05, 4.69) is 4.98 Å². The molecule has 1 aliphatic heterocycles. The van der Waals surface area contributed by atoms with Crippen LogP contribution < -0.4 is 4.90 Å². The van der Waals surface area contributed by atoms with Gasteiger partial charge in [0, 0.05) is 15.5 Å². The minimum Gasteiger partial charge on any atom is -0.507 e. The Balaban J connectivity index is 1.94. The minimum absolute atomic E-state index is 0.0839. The highest BCUT2D eigenvalue weighted by atomic mass is 35.5. The van der Waals surface area contributed by atoms with Crippen molar-refractivity contribution in [3.8, 4) is 0 Å². The number of rotatable bonds is 3. The number of anilines is 1. The molecule has 30 heavy (non-hydrogen) atoms. The molecule has 0 saturated carbocycles. The smallest absolute Gasteiger partial charge is 0.301 e. The Morgan fingerprint density at radius 2 is 1.73 bits per heavy atom. The molecule has 0 aliphatic carbocycles. The van der Waals surface area contributed by atoms with Crippen LogP contribution in [0.2, 0.25) is 5.02 Å². The first-order valence-corrected chi connectivity index (χ1v) is 10.2. The third-order valence-electron chi connectivity index (χ3n) is 4.97. The summed E-state index contributed by atoms with van der Waals surface area (Å²) in [6, 6.07) is 10.8. The monoisotopic (exact) mass is 442 g/mol. The molecule has 0 unspecified atom stereocenters. The van der Waals surface area contributed by atoms with E-state index in [1.807, 2.05) is 13.8 Å². The molecule has 0 radical (unpaired) electrons. The normalized spacial score (nSPS) is 18.3. The van der Waals surface area contributed by atoms with Crippen LogP contribution in [0.15, 0.2) is 54.1 Å². The van der Waals surface area contributed by atoms with Crippen molar-refractivity contribution in [2.45, 2.75) is 19.9 Å². The number of ketones is 1. The summed E-state index contributed by atoms with van der Waals surface area (Å²) in [6.45, 7) is 3.70. The molecule has 2 heterocycles. The molecule has 1 aromatic heterocycles. The zero-order valence-electron chi connectivity index (χ0n) is 16.0. The Hall–Kier alpha value is -3.03. The van der Waals surface area contributed by atoms with E-state index >= 15 is 0 Å². The van der Waals surface area contributed by atoms with E-state index in [1.165, 1.54) is 40.5 Å². The molecule has 5 nitrogen and oxygen atoms in total. The second-order valence-electron chi connectivity index (χ2n) is 6.87. The van der Waals surface area contributed by atoms with E-state index in [0.29, 0.717) is 15.7 Å². The zero-order valence-corrected chi connectivity index (χ0v) is 17.6. The van der Waals surface area contributed by atoms with Crippen LogP contribution in [0.25, 0.3) is 5.76 Å². The quantitative estimate of drug-likeness (QED) is 0.344. The van der Waals surface area contributed by atoms with Crippen molar-refractivity contribution in [1.29, 1.82) is 0 Å². The fourth-order valence-electron chi connectivity index (χ4n) is 3.31. The van der Waals surface area contributed by atoms with Gasteiger partial charge in [0.25, 0.3) is 5.78 Å². The average molecular weight is 443 g/mol. The topological polar surface area (TPSA) is 70.5 Å². The van der Waals surface area contributed by atoms with Crippen LogP contribution in [0.5, 0.6) is 0 Å². The number of aromatic nitrogens is 1. The number of halogens is 2. The number of Topliss-reactive ketones (excluding diaryl/α,β-unsaturated/α-hetero) is 1.